The number of rotatable bonds is 6. The van der Waals surface area contributed by atoms with Crippen LogP contribution in [0.15, 0.2) is 52.1 Å². The fourth-order valence-electron chi connectivity index (χ4n) is 2.42. The van der Waals surface area contributed by atoms with Gasteiger partial charge in [0.15, 0.2) is 11.0 Å². The number of nitrogens with one attached hydrogen (secondary N) is 1. The van der Waals surface area contributed by atoms with Crippen molar-refractivity contribution >= 4 is 45.3 Å². The van der Waals surface area contributed by atoms with Crippen LogP contribution in [0.25, 0.3) is 11.4 Å². The third-order valence-electron chi connectivity index (χ3n) is 3.76. The predicted molar refractivity (Wildman–Crippen MR) is 109 cm³/mol. The van der Waals surface area contributed by atoms with Gasteiger partial charge < -0.3 is 20.1 Å². The van der Waals surface area contributed by atoms with E-state index < -0.39 is 5.97 Å². The fraction of sp³-hybridized carbons (Fsp3) is 0.111. The molecule has 0 spiro atoms. The molecule has 144 valence electrons. The Morgan fingerprint density at radius 1 is 1.21 bits per heavy atom. The Bertz CT molecular complexity index is 1050. The Kier molecular flexibility index (Phi) is 6.00. The second kappa shape index (κ2) is 8.44. The van der Waals surface area contributed by atoms with Gasteiger partial charge in [0.1, 0.15) is 5.75 Å². The van der Waals surface area contributed by atoms with E-state index in [0.717, 1.165) is 4.47 Å². The second-order valence-corrected chi connectivity index (χ2v) is 7.61. The van der Waals surface area contributed by atoms with E-state index in [1.807, 2.05) is 0 Å². The maximum atomic E-state index is 12.2. The van der Waals surface area contributed by atoms with Crippen molar-refractivity contribution in [2.75, 3.05) is 11.1 Å². The van der Waals surface area contributed by atoms with E-state index in [4.69, 9.17) is 5.11 Å². The number of carboxylic acid groups (broad SMARTS) is 1. The molecule has 1 heterocycles. The van der Waals surface area contributed by atoms with Gasteiger partial charge in [-0.1, -0.05) is 33.8 Å². The van der Waals surface area contributed by atoms with E-state index in [-0.39, 0.29) is 23.0 Å². The number of halogens is 1. The number of nitrogens with zero attached hydrogens (tertiary/aromatic N) is 3. The average molecular weight is 463 g/mol. The Morgan fingerprint density at radius 3 is 2.75 bits per heavy atom. The van der Waals surface area contributed by atoms with Gasteiger partial charge in [-0.25, -0.2) is 4.79 Å². The lowest BCUT2D eigenvalue weighted by Crippen LogP contribution is -2.15. The van der Waals surface area contributed by atoms with Gasteiger partial charge in [0.2, 0.25) is 5.91 Å². The van der Waals surface area contributed by atoms with Gasteiger partial charge in [-0.3, -0.25) is 4.79 Å². The van der Waals surface area contributed by atoms with Crippen molar-refractivity contribution in [3.63, 3.8) is 0 Å². The van der Waals surface area contributed by atoms with Gasteiger partial charge in [-0.2, -0.15) is 0 Å². The van der Waals surface area contributed by atoms with Crippen molar-refractivity contribution in [2.24, 2.45) is 7.05 Å². The zero-order valence-electron chi connectivity index (χ0n) is 14.6. The van der Waals surface area contributed by atoms with E-state index in [1.165, 1.54) is 23.9 Å². The summed E-state index contributed by atoms with van der Waals surface area (Å²) in [6.07, 6.45) is 0. The Balaban J connectivity index is 1.68. The van der Waals surface area contributed by atoms with E-state index in [0.29, 0.717) is 22.2 Å². The van der Waals surface area contributed by atoms with Crippen molar-refractivity contribution in [3.05, 3.63) is 52.5 Å². The number of carboxylic acids is 1. The minimum Gasteiger partial charge on any atom is -0.507 e. The summed E-state index contributed by atoms with van der Waals surface area (Å²) in [6, 6.07) is 11.0. The first kappa shape index (κ1) is 19.9. The van der Waals surface area contributed by atoms with Gasteiger partial charge in [-0.15, -0.1) is 10.2 Å². The van der Waals surface area contributed by atoms with Gasteiger partial charge in [0, 0.05) is 17.2 Å². The third-order valence-corrected chi connectivity index (χ3v) is 5.27. The smallest absolute Gasteiger partial charge is 0.335 e. The molecular weight excluding hydrogens is 448 g/mol. The molecule has 8 nitrogen and oxygen atoms in total. The Labute approximate surface area is 172 Å². The molecule has 0 atom stereocenters. The Hall–Kier alpha value is -2.85. The highest BCUT2D eigenvalue weighted by Gasteiger charge is 2.16. The minimum atomic E-state index is -1.06. The molecule has 28 heavy (non-hydrogen) atoms. The zero-order valence-corrected chi connectivity index (χ0v) is 17.0. The van der Waals surface area contributed by atoms with Crippen LogP contribution in [0.2, 0.25) is 0 Å². The number of carbonyl (C=O) groups excluding carboxylic acids is 1. The van der Waals surface area contributed by atoms with Gasteiger partial charge in [0.25, 0.3) is 0 Å². The lowest BCUT2D eigenvalue weighted by Gasteiger charge is -2.07. The summed E-state index contributed by atoms with van der Waals surface area (Å²) in [5, 5.41) is 30.4. The summed E-state index contributed by atoms with van der Waals surface area (Å²) in [6.45, 7) is 0. The van der Waals surface area contributed by atoms with Crippen LogP contribution in [0.3, 0.4) is 0 Å². The molecule has 1 aromatic heterocycles. The standard InChI is InChI=1S/C18H15BrN4O4S/c1-23-16(13-8-11(19)5-6-14(13)24)21-22-18(23)28-9-15(25)20-12-4-2-3-10(7-12)17(26)27/h2-8,24H,9H2,1H3,(H,20,25)(H,26,27). The van der Waals surface area contributed by atoms with Crippen LogP contribution in [0.1, 0.15) is 10.4 Å². The fourth-order valence-corrected chi connectivity index (χ4v) is 3.49. The van der Waals surface area contributed by atoms with Crippen LogP contribution in [-0.4, -0.2) is 42.6 Å². The molecule has 0 aliphatic heterocycles. The van der Waals surface area contributed by atoms with E-state index in [9.17, 15) is 14.7 Å². The summed E-state index contributed by atoms with van der Waals surface area (Å²) in [4.78, 5) is 23.2. The maximum absolute atomic E-state index is 12.2. The molecule has 0 fully saturated rings. The summed E-state index contributed by atoms with van der Waals surface area (Å²) in [5.41, 5.74) is 1.02. The van der Waals surface area contributed by atoms with Crippen LogP contribution in [-0.2, 0) is 11.8 Å². The van der Waals surface area contributed by atoms with Gasteiger partial charge >= 0.3 is 5.97 Å². The third kappa shape index (κ3) is 4.52. The van der Waals surface area contributed by atoms with Crippen LogP contribution >= 0.6 is 27.7 Å². The molecule has 0 radical (unpaired) electrons. The number of hydrogen-bond acceptors (Lipinski definition) is 6. The molecule has 3 rings (SSSR count). The number of phenolic OH excluding ortho intramolecular Hbond substituents is 1. The number of benzene rings is 2. The SMILES string of the molecule is Cn1c(SCC(=O)Nc2cccc(C(=O)O)c2)nnc1-c1cc(Br)ccc1O. The number of anilines is 1. The highest BCUT2D eigenvalue weighted by atomic mass is 79.9. The van der Waals surface area contributed by atoms with Crippen LogP contribution in [0.4, 0.5) is 5.69 Å². The van der Waals surface area contributed by atoms with Gasteiger partial charge in [-0.05, 0) is 36.4 Å². The first-order valence-electron chi connectivity index (χ1n) is 7.99. The average Bonchev–Trinajstić information content (AvgIpc) is 3.02. The number of amides is 1. The first-order chi connectivity index (χ1) is 13.3. The van der Waals surface area contributed by atoms with Crippen LogP contribution in [0, 0.1) is 0 Å². The lowest BCUT2D eigenvalue weighted by atomic mass is 10.2. The molecule has 0 bridgehead atoms. The van der Waals surface area contributed by atoms with Gasteiger partial charge in [0.05, 0.1) is 16.9 Å². The molecule has 10 heteroatoms. The summed E-state index contributed by atoms with van der Waals surface area (Å²) in [7, 11) is 1.74. The van der Waals surface area contributed by atoms with E-state index >= 15 is 0 Å². The number of hydrogen-bond donors (Lipinski definition) is 3. The monoisotopic (exact) mass is 462 g/mol. The lowest BCUT2D eigenvalue weighted by molar-refractivity contribution is -0.113. The predicted octanol–water partition coefficient (Wildman–Crippen LogP) is 3.38. The largest absolute Gasteiger partial charge is 0.507 e. The molecule has 1 amide bonds. The molecule has 0 aliphatic carbocycles. The van der Waals surface area contributed by atoms with E-state index in [2.05, 4.69) is 31.4 Å². The number of carbonyl (C=O) groups is 2. The molecule has 0 saturated carbocycles. The molecular formula is C18H15BrN4O4S. The molecule has 0 aliphatic rings. The highest BCUT2D eigenvalue weighted by Crippen LogP contribution is 2.32. The molecule has 3 N–H and O–H groups in total. The number of aromatic hydroxyl groups is 1. The number of aromatic nitrogens is 3. The molecule has 2 aromatic carbocycles. The van der Waals surface area contributed by atoms with E-state index in [1.54, 1.807) is 41.9 Å². The van der Waals surface area contributed by atoms with Crippen LogP contribution < -0.4 is 5.32 Å². The second-order valence-electron chi connectivity index (χ2n) is 5.75. The first-order valence-corrected chi connectivity index (χ1v) is 9.77. The van der Waals surface area contributed by atoms with Crippen molar-refractivity contribution in [1.29, 1.82) is 0 Å². The van der Waals surface area contributed by atoms with Crippen molar-refractivity contribution < 1.29 is 19.8 Å². The number of aromatic carboxylic acids is 1. The summed E-state index contributed by atoms with van der Waals surface area (Å²) < 4.78 is 2.48. The maximum Gasteiger partial charge on any atom is 0.335 e. The van der Waals surface area contributed by atoms with Crippen molar-refractivity contribution in [2.45, 2.75) is 5.16 Å². The van der Waals surface area contributed by atoms with Crippen molar-refractivity contribution in [3.8, 4) is 17.1 Å². The number of phenols is 1. The minimum absolute atomic E-state index is 0.0632. The summed E-state index contributed by atoms with van der Waals surface area (Å²) >= 11 is 4.53. The zero-order chi connectivity index (χ0) is 20.3. The Morgan fingerprint density at radius 2 is 2.00 bits per heavy atom. The van der Waals surface area contributed by atoms with Crippen LogP contribution in [0.5, 0.6) is 5.75 Å². The normalized spacial score (nSPS) is 10.6. The molecule has 3 aromatic rings. The molecule has 0 unspecified atom stereocenters. The van der Waals surface area contributed by atoms with Crippen molar-refractivity contribution in [1.82, 2.24) is 14.8 Å². The molecule has 0 saturated heterocycles. The quantitative estimate of drug-likeness (QED) is 0.480. The number of thioether (sulfide) groups is 1. The highest BCUT2D eigenvalue weighted by molar-refractivity contribution is 9.10. The summed E-state index contributed by atoms with van der Waals surface area (Å²) in [5.74, 6) is -0.759. The topological polar surface area (TPSA) is 117 Å².